The summed E-state index contributed by atoms with van der Waals surface area (Å²) in [5.74, 6) is -1.98. The summed E-state index contributed by atoms with van der Waals surface area (Å²) < 4.78 is 28.2. The minimum atomic E-state index is -2.53. The quantitative estimate of drug-likeness (QED) is 0.618. The van der Waals surface area contributed by atoms with Crippen LogP contribution in [0, 0.1) is 5.92 Å². The van der Waals surface area contributed by atoms with Crippen molar-refractivity contribution in [2.75, 3.05) is 18.0 Å². The molecule has 1 unspecified atom stereocenters. The normalized spacial score (nSPS) is 22.0. The highest BCUT2D eigenvalue weighted by atomic mass is 35.5. The number of aromatic nitrogens is 3. The van der Waals surface area contributed by atoms with Crippen molar-refractivity contribution < 1.29 is 8.78 Å². The number of rotatable bonds is 4. The largest absolute Gasteiger partial charge is 0.371 e. The lowest BCUT2D eigenvalue weighted by Gasteiger charge is -2.34. The summed E-state index contributed by atoms with van der Waals surface area (Å²) in [6, 6.07) is 12.2. The molecule has 3 heterocycles. The Bertz CT molecular complexity index is 1010. The van der Waals surface area contributed by atoms with Gasteiger partial charge in [-0.3, -0.25) is 4.40 Å². The zero-order chi connectivity index (χ0) is 19.3. The van der Waals surface area contributed by atoms with Crippen molar-refractivity contribution in [3.8, 4) is 0 Å². The molecule has 146 valence electrons. The van der Waals surface area contributed by atoms with Gasteiger partial charge in [0.25, 0.3) is 5.92 Å². The fraction of sp³-hybridized carbons (Fsp3) is 0.429. The number of benzene rings is 1. The van der Waals surface area contributed by atoms with Gasteiger partial charge in [0.15, 0.2) is 5.65 Å². The van der Waals surface area contributed by atoms with E-state index in [0.717, 1.165) is 36.6 Å². The number of hydrogen-bond donors (Lipinski definition) is 0. The van der Waals surface area contributed by atoms with E-state index in [2.05, 4.69) is 27.2 Å². The molecule has 1 aliphatic heterocycles. The highest BCUT2D eigenvalue weighted by Gasteiger charge is 2.56. The fourth-order valence-corrected chi connectivity index (χ4v) is 4.41. The molecule has 28 heavy (non-hydrogen) atoms. The number of fused-ring (bicyclic) bond motifs is 1. The number of piperidine rings is 1. The predicted octanol–water partition coefficient (Wildman–Crippen LogP) is 4.96. The molecule has 5 rings (SSSR count). The van der Waals surface area contributed by atoms with Gasteiger partial charge in [-0.25, -0.2) is 8.78 Å². The van der Waals surface area contributed by atoms with Crippen LogP contribution in [0.2, 0.25) is 5.02 Å². The monoisotopic (exact) mass is 402 g/mol. The predicted molar refractivity (Wildman–Crippen MR) is 105 cm³/mol. The first-order chi connectivity index (χ1) is 13.5. The summed E-state index contributed by atoms with van der Waals surface area (Å²) in [5, 5.41) is 9.13. The smallest absolute Gasteiger partial charge is 0.252 e. The zero-order valence-corrected chi connectivity index (χ0v) is 16.1. The Kier molecular flexibility index (Phi) is 4.27. The fourth-order valence-electron chi connectivity index (χ4n) is 4.21. The minimum Gasteiger partial charge on any atom is -0.371 e. The standard InChI is InChI=1S/C21H21ClF2N4/c22-17-3-1-2-15(10-17)14-4-7-27(8-5-14)18-6-9-28-19(25-26-20(28)12-18)11-16-13-21(16,23)24/h1-3,6,9-10,12,14,16H,4-5,7-8,11,13H2. The first-order valence-electron chi connectivity index (χ1n) is 9.71. The van der Waals surface area contributed by atoms with Crippen LogP contribution in [0.1, 0.15) is 36.6 Å². The highest BCUT2D eigenvalue weighted by Crippen LogP contribution is 2.50. The summed E-state index contributed by atoms with van der Waals surface area (Å²) in [5.41, 5.74) is 3.13. The molecule has 2 aromatic heterocycles. The molecule has 1 atom stereocenters. The van der Waals surface area contributed by atoms with Crippen LogP contribution < -0.4 is 4.90 Å². The van der Waals surface area contributed by atoms with Crippen molar-refractivity contribution in [3.05, 3.63) is 59.0 Å². The van der Waals surface area contributed by atoms with Crippen LogP contribution in [0.3, 0.4) is 0 Å². The molecule has 1 aromatic carbocycles. The van der Waals surface area contributed by atoms with Crippen LogP contribution in [0.5, 0.6) is 0 Å². The van der Waals surface area contributed by atoms with Gasteiger partial charge in [-0.2, -0.15) is 0 Å². The maximum absolute atomic E-state index is 13.2. The minimum absolute atomic E-state index is 0.0401. The van der Waals surface area contributed by atoms with Gasteiger partial charge in [0.05, 0.1) is 0 Å². The first kappa shape index (κ1) is 17.9. The Morgan fingerprint density at radius 2 is 1.89 bits per heavy atom. The number of anilines is 1. The van der Waals surface area contributed by atoms with E-state index in [1.807, 2.05) is 34.9 Å². The van der Waals surface area contributed by atoms with Crippen molar-refractivity contribution in [2.24, 2.45) is 5.92 Å². The van der Waals surface area contributed by atoms with Gasteiger partial charge in [-0.15, -0.1) is 10.2 Å². The lowest BCUT2D eigenvalue weighted by atomic mass is 9.89. The van der Waals surface area contributed by atoms with Gasteiger partial charge in [-0.1, -0.05) is 23.7 Å². The lowest BCUT2D eigenvalue weighted by molar-refractivity contribution is 0.0984. The Labute approximate surface area is 167 Å². The number of pyridine rings is 1. The van der Waals surface area contributed by atoms with Crippen LogP contribution in [-0.2, 0) is 6.42 Å². The van der Waals surface area contributed by atoms with Crippen LogP contribution >= 0.6 is 11.6 Å². The Hall–Kier alpha value is -2.21. The second-order valence-corrected chi connectivity index (χ2v) is 8.35. The van der Waals surface area contributed by atoms with E-state index in [1.165, 1.54) is 5.56 Å². The third-order valence-corrected chi connectivity index (χ3v) is 6.26. The average Bonchev–Trinajstić information content (AvgIpc) is 3.10. The average molecular weight is 403 g/mol. The summed E-state index contributed by atoms with van der Waals surface area (Å²) in [7, 11) is 0. The molecule has 0 spiro atoms. The molecule has 1 saturated heterocycles. The number of alkyl halides is 2. The van der Waals surface area contributed by atoms with Gasteiger partial charge in [0, 0.05) is 54.8 Å². The van der Waals surface area contributed by atoms with Crippen molar-refractivity contribution >= 4 is 22.9 Å². The van der Waals surface area contributed by atoms with Crippen molar-refractivity contribution in [1.82, 2.24) is 14.6 Å². The molecular formula is C21H21ClF2N4. The van der Waals surface area contributed by atoms with E-state index in [1.54, 1.807) is 0 Å². The molecule has 3 aromatic rings. The van der Waals surface area contributed by atoms with Gasteiger partial charge in [0.2, 0.25) is 0 Å². The molecule has 7 heteroatoms. The van der Waals surface area contributed by atoms with Crippen molar-refractivity contribution in [3.63, 3.8) is 0 Å². The third kappa shape index (κ3) is 3.34. The SMILES string of the molecule is FC1(F)CC1Cc1nnc2cc(N3CCC(c4cccc(Cl)c4)CC3)ccn12. The molecule has 1 saturated carbocycles. The summed E-state index contributed by atoms with van der Waals surface area (Å²) in [6.07, 6.45) is 4.28. The maximum Gasteiger partial charge on any atom is 0.252 e. The van der Waals surface area contributed by atoms with E-state index < -0.39 is 11.8 Å². The summed E-state index contributed by atoms with van der Waals surface area (Å²) in [4.78, 5) is 2.35. The van der Waals surface area contributed by atoms with Gasteiger partial charge < -0.3 is 4.90 Å². The zero-order valence-electron chi connectivity index (χ0n) is 15.4. The van der Waals surface area contributed by atoms with Gasteiger partial charge >= 0.3 is 0 Å². The lowest BCUT2D eigenvalue weighted by Crippen LogP contribution is -2.32. The number of nitrogens with zero attached hydrogens (tertiary/aromatic N) is 4. The van der Waals surface area contributed by atoms with Crippen LogP contribution in [0.25, 0.3) is 5.65 Å². The Balaban J connectivity index is 1.28. The number of hydrogen-bond acceptors (Lipinski definition) is 3. The molecule has 0 N–H and O–H groups in total. The molecular weight excluding hydrogens is 382 g/mol. The first-order valence-corrected chi connectivity index (χ1v) is 10.1. The van der Waals surface area contributed by atoms with Crippen LogP contribution in [-0.4, -0.2) is 33.6 Å². The Morgan fingerprint density at radius 1 is 1.11 bits per heavy atom. The number of halogens is 3. The van der Waals surface area contributed by atoms with E-state index >= 15 is 0 Å². The molecule has 2 fully saturated rings. The topological polar surface area (TPSA) is 33.4 Å². The van der Waals surface area contributed by atoms with Gasteiger partial charge in [-0.05, 0) is 42.5 Å². The van der Waals surface area contributed by atoms with E-state index in [-0.39, 0.29) is 12.8 Å². The second kappa shape index (κ2) is 6.69. The molecule has 0 amide bonds. The molecule has 0 radical (unpaired) electrons. The van der Waals surface area contributed by atoms with Crippen molar-refractivity contribution in [1.29, 1.82) is 0 Å². The molecule has 4 nitrogen and oxygen atoms in total. The van der Waals surface area contributed by atoms with Crippen molar-refractivity contribution in [2.45, 2.75) is 37.5 Å². The highest BCUT2D eigenvalue weighted by molar-refractivity contribution is 6.30. The third-order valence-electron chi connectivity index (χ3n) is 6.03. The molecule has 1 aliphatic carbocycles. The molecule has 0 bridgehead atoms. The second-order valence-electron chi connectivity index (χ2n) is 7.91. The van der Waals surface area contributed by atoms with E-state index in [9.17, 15) is 8.78 Å². The van der Waals surface area contributed by atoms with E-state index in [0.29, 0.717) is 17.4 Å². The Morgan fingerprint density at radius 3 is 2.61 bits per heavy atom. The summed E-state index contributed by atoms with van der Waals surface area (Å²) in [6.45, 7) is 1.92. The van der Waals surface area contributed by atoms with Gasteiger partial charge in [0.1, 0.15) is 5.82 Å². The molecule has 2 aliphatic rings. The van der Waals surface area contributed by atoms with Crippen LogP contribution in [0.4, 0.5) is 14.5 Å². The van der Waals surface area contributed by atoms with E-state index in [4.69, 9.17) is 11.6 Å². The maximum atomic E-state index is 13.2. The van der Waals surface area contributed by atoms with Crippen LogP contribution in [0.15, 0.2) is 42.6 Å². The summed E-state index contributed by atoms with van der Waals surface area (Å²) >= 11 is 6.13.